The maximum atomic E-state index is 10.1. The average Bonchev–Trinajstić information content (AvgIpc) is 2.83. The molecule has 3 aromatic rings. The smallest absolute Gasteiger partial charge is 0.150 e. The van der Waals surface area contributed by atoms with E-state index in [9.17, 15) is 10.2 Å². The van der Waals surface area contributed by atoms with E-state index in [1.54, 1.807) is 30.3 Å². The third kappa shape index (κ3) is 4.73. The normalized spacial score (nSPS) is 19.0. The fraction of sp³-hybridized carbons (Fsp3) is 0.333. The molecule has 1 saturated heterocycles. The number of likely N-dealkylation sites (tertiary alicyclic amines) is 1. The second kappa shape index (κ2) is 9.67. The molecule has 2 N–H and O–H groups in total. The Labute approximate surface area is 207 Å². The van der Waals surface area contributed by atoms with Gasteiger partial charge in [0.1, 0.15) is 35.7 Å². The maximum Gasteiger partial charge on any atom is 0.150 e. The quantitative estimate of drug-likeness (QED) is 0.425. The number of fused-ring (bicyclic) bond motifs is 1. The van der Waals surface area contributed by atoms with E-state index in [1.807, 2.05) is 43.3 Å². The van der Waals surface area contributed by atoms with Crippen LogP contribution in [0.25, 0.3) is 11.1 Å². The van der Waals surface area contributed by atoms with Gasteiger partial charge >= 0.3 is 0 Å². The first-order valence-electron chi connectivity index (χ1n) is 12.4. The van der Waals surface area contributed by atoms with Crippen molar-refractivity contribution in [2.45, 2.75) is 39.3 Å². The molecule has 2 aliphatic heterocycles. The predicted molar refractivity (Wildman–Crippen MR) is 139 cm³/mol. The van der Waals surface area contributed by atoms with E-state index in [-0.39, 0.29) is 17.6 Å². The van der Waals surface area contributed by atoms with Gasteiger partial charge in [-0.3, -0.25) is 4.90 Å². The summed E-state index contributed by atoms with van der Waals surface area (Å²) in [7, 11) is 0. The summed E-state index contributed by atoms with van der Waals surface area (Å²) in [6, 6.07) is 20.9. The summed E-state index contributed by atoms with van der Waals surface area (Å²) in [6.07, 6.45) is 0.896. The monoisotopic (exact) mass is 471 g/mol. The second-order valence-corrected chi connectivity index (χ2v) is 9.72. The highest BCUT2D eigenvalue weighted by Crippen LogP contribution is 2.47. The summed E-state index contributed by atoms with van der Waals surface area (Å²) < 4.78 is 12.6. The molecule has 0 spiro atoms. The zero-order valence-electron chi connectivity index (χ0n) is 20.6. The van der Waals surface area contributed by atoms with Gasteiger partial charge in [-0.05, 0) is 78.9 Å². The Morgan fingerprint density at radius 3 is 2.46 bits per heavy atom. The van der Waals surface area contributed by atoms with Gasteiger partial charge in [0, 0.05) is 30.3 Å². The molecule has 1 fully saturated rings. The van der Waals surface area contributed by atoms with Crippen molar-refractivity contribution in [3.63, 3.8) is 0 Å². The molecule has 0 aliphatic carbocycles. The van der Waals surface area contributed by atoms with E-state index >= 15 is 0 Å². The first-order valence-corrected chi connectivity index (χ1v) is 12.4. The van der Waals surface area contributed by atoms with E-state index in [0.29, 0.717) is 12.6 Å². The largest absolute Gasteiger partial charge is 0.508 e. The van der Waals surface area contributed by atoms with Crippen molar-refractivity contribution in [3.05, 3.63) is 83.4 Å². The highest BCUT2D eigenvalue weighted by atomic mass is 16.5. The van der Waals surface area contributed by atoms with E-state index < -0.39 is 0 Å². The number of rotatable bonds is 7. The van der Waals surface area contributed by atoms with Crippen LogP contribution >= 0.6 is 0 Å². The number of hydrogen-bond acceptors (Lipinski definition) is 5. The lowest BCUT2D eigenvalue weighted by Gasteiger charge is -2.42. The van der Waals surface area contributed by atoms with Gasteiger partial charge in [0.25, 0.3) is 0 Å². The van der Waals surface area contributed by atoms with Gasteiger partial charge in [-0.2, -0.15) is 0 Å². The molecule has 5 heteroatoms. The molecule has 3 aromatic carbocycles. The highest BCUT2D eigenvalue weighted by molar-refractivity contribution is 5.95. The van der Waals surface area contributed by atoms with Crippen LogP contribution in [0.3, 0.4) is 0 Å². The van der Waals surface area contributed by atoms with Gasteiger partial charge in [0.05, 0.1) is 0 Å². The number of phenolic OH excluding ortho intramolecular Hbond substituents is 2. The molecule has 5 nitrogen and oxygen atoms in total. The molecular formula is C30H33NO4. The number of nitrogens with zero attached hydrogens (tertiary/aromatic N) is 1. The Morgan fingerprint density at radius 1 is 1.00 bits per heavy atom. The average molecular weight is 472 g/mol. The number of allylic oxidation sites excluding steroid dienone is 1. The van der Waals surface area contributed by atoms with E-state index in [0.717, 1.165) is 45.3 Å². The molecule has 2 atom stereocenters. The number of hydrogen-bond donors (Lipinski definition) is 2. The van der Waals surface area contributed by atoms with Crippen molar-refractivity contribution in [2.75, 3.05) is 19.7 Å². The number of aromatic hydroxyl groups is 2. The fourth-order valence-corrected chi connectivity index (χ4v) is 5.01. The lowest BCUT2D eigenvalue weighted by atomic mass is 9.86. The number of ether oxygens (including phenoxy) is 2. The van der Waals surface area contributed by atoms with Crippen LogP contribution < -0.4 is 9.47 Å². The third-order valence-electron chi connectivity index (χ3n) is 7.30. The van der Waals surface area contributed by atoms with Crippen LogP contribution in [0, 0.1) is 5.92 Å². The van der Waals surface area contributed by atoms with Gasteiger partial charge in [0.15, 0.2) is 0 Å². The van der Waals surface area contributed by atoms with Gasteiger partial charge in [-0.25, -0.2) is 0 Å². The van der Waals surface area contributed by atoms with Gasteiger partial charge < -0.3 is 19.7 Å². The molecule has 0 bridgehead atoms. The van der Waals surface area contributed by atoms with Gasteiger partial charge in [0.2, 0.25) is 0 Å². The lowest BCUT2D eigenvalue weighted by Crippen LogP contribution is -2.52. The van der Waals surface area contributed by atoms with Gasteiger partial charge in [-0.1, -0.05) is 37.6 Å². The van der Waals surface area contributed by atoms with Crippen LogP contribution in [-0.4, -0.2) is 40.9 Å². The van der Waals surface area contributed by atoms with Crippen molar-refractivity contribution in [1.82, 2.24) is 4.90 Å². The van der Waals surface area contributed by atoms with Crippen molar-refractivity contribution < 1.29 is 19.7 Å². The zero-order valence-corrected chi connectivity index (χ0v) is 20.6. The van der Waals surface area contributed by atoms with Crippen LogP contribution in [-0.2, 0) is 0 Å². The van der Waals surface area contributed by atoms with Crippen LogP contribution in [0.1, 0.15) is 50.0 Å². The maximum absolute atomic E-state index is 10.1. The number of benzene rings is 3. The van der Waals surface area contributed by atoms with E-state index in [1.165, 1.54) is 19.5 Å². The summed E-state index contributed by atoms with van der Waals surface area (Å²) in [4.78, 5) is 2.47. The highest BCUT2D eigenvalue weighted by Gasteiger charge is 2.30. The molecule has 35 heavy (non-hydrogen) atoms. The van der Waals surface area contributed by atoms with Crippen LogP contribution in [0.4, 0.5) is 0 Å². The Kier molecular flexibility index (Phi) is 6.44. The molecule has 0 amide bonds. The van der Waals surface area contributed by atoms with Crippen molar-refractivity contribution in [3.8, 4) is 23.0 Å². The van der Waals surface area contributed by atoms with Crippen LogP contribution in [0.15, 0.2) is 66.7 Å². The first kappa shape index (κ1) is 23.3. The van der Waals surface area contributed by atoms with E-state index in [4.69, 9.17) is 9.47 Å². The third-order valence-corrected chi connectivity index (χ3v) is 7.30. The molecule has 0 radical (unpaired) electrons. The molecule has 182 valence electrons. The molecule has 1 unspecified atom stereocenters. The van der Waals surface area contributed by atoms with Crippen molar-refractivity contribution >= 4 is 11.1 Å². The Hall–Kier alpha value is -3.44. The van der Waals surface area contributed by atoms with Crippen LogP contribution in [0.2, 0.25) is 0 Å². The molecule has 2 aliphatic rings. The van der Waals surface area contributed by atoms with E-state index in [2.05, 4.69) is 18.7 Å². The minimum absolute atomic E-state index is 0.194. The zero-order chi connectivity index (χ0) is 24.5. The van der Waals surface area contributed by atoms with Crippen molar-refractivity contribution in [2.24, 2.45) is 5.92 Å². The van der Waals surface area contributed by atoms with Gasteiger partial charge in [-0.15, -0.1) is 0 Å². The minimum atomic E-state index is -0.353. The summed E-state index contributed by atoms with van der Waals surface area (Å²) >= 11 is 0. The summed E-state index contributed by atoms with van der Waals surface area (Å²) in [5.74, 6) is 2.80. The Balaban J connectivity index is 1.39. The standard InChI is InChI=1S/C30H33NO4/c1-4-21-16-31(17-21)19(2)18-34-26-11-8-22(9-12-26)30-29(23-6-5-7-24(32)14-23)20(3)27-15-25(33)10-13-28(27)35-30/h5-15,19,21,30,32-33H,4,16-18H2,1-3H3/t19-,30?/m0/s1. The van der Waals surface area contributed by atoms with Crippen LogP contribution in [0.5, 0.6) is 23.0 Å². The topological polar surface area (TPSA) is 62.2 Å². The van der Waals surface area contributed by atoms with Crippen molar-refractivity contribution in [1.29, 1.82) is 0 Å². The predicted octanol–water partition coefficient (Wildman–Crippen LogP) is 6.27. The molecule has 5 rings (SSSR count). The summed E-state index contributed by atoms with van der Waals surface area (Å²) in [5.41, 5.74) is 4.70. The SMILES string of the molecule is CCC1CN([C@@H](C)COc2ccc(C3Oc4ccc(O)cc4C(C)=C3c3cccc(O)c3)cc2)C1. The summed E-state index contributed by atoms with van der Waals surface area (Å²) in [6.45, 7) is 9.51. The Bertz CT molecular complexity index is 1230. The molecule has 0 saturated carbocycles. The Morgan fingerprint density at radius 2 is 1.74 bits per heavy atom. The molecule has 2 heterocycles. The summed E-state index contributed by atoms with van der Waals surface area (Å²) in [5, 5.41) is 20.2. The minimum Gasteiger partial charge on any atom is -0.508 e. The lowest BCUT2D eigenvalue weighted by molar-refractivity contribution is 0.0361. The first-order chi connectivity index (χ1) is 16.9. The second-order valence-electron chi connectivity index (χ2n) is 9.72. The molecule has 0 aromatic heterocycles. The number of phenols is 2. The molecular weight excluding hydrogens is 438 g/mol. The fourth-order valence-electron chi connectivity index (χ4n) is 5.01.